The van der Waals surface area contributed by atoms with Crippen molar-refractivity contribution in [2.75, 3.05) is 11.3 Å². The standard InChI is InChI=1S/C29H21Cl3N4O5S/c30-19-7-5-18(6-8-19)28-34-27(41-35-28)15-16-33-29(37)23-17-20(31)9-14-25(23)36-42(38,39)22-12-10-21(11-13-22)40-26-4-2-1-3-24(26)32/h1-14,17,36H,15-16H2,(H,33,37). The van der Waals surface area contributed by atoms with Crippen LogP contribution in [0.5, 0.6) is 11.5 Å². The molecule has 4 aromatic carbocycles. The van der Waals surface area contributed by atoms with Crippen molar-refractivity contribution in [3.8, 4) is 22.9 Å². The SMILES string of the molecule is O=C(NCCc1nc(-c2ccc(Cl)cc2)no1)c1cc(Cl)ccc1NS(=O)(=O)c1ccc(Oc2ccccc2Cl)cc1. The minimum Gasteiger partial charge on any atom is -0.456 e. The first kappa shape index (κ1) is 29.4. The van der Waals surface area contributed by atoms with E-state index in [0.29, 0.717) is 33.3 Å². The van der Waals surface area contributed by atoms with Gasteiger partial charge in [0, 0.05) is 28.6 Å². The number of sulfonamides is 1. The van der Waals surface area contributed by atoms with Gasteiger partial charge in [-0.3, -0.25) is 9.52 Å². The van der Waals surface area contributed by atoms with Crippen LogP contribution in [-0.4, -0.2) is 31.0 Å². The smallest absolute Gasteiger partial charge is 0.261 e. The molecule has 5 aromatic rings. The van der Waals surface area contributed by atoms with Gasteiger partial charge in [0.05, 0.1) is 21.2 Å². The highest BCUT2D eigenvalue weighted by molar-refractivity contribution is 7.92. The van der Waals surface area contributed by atoms with Crippen LogP contribution in [0.3, 0.4) is 0 Å². The van der Waals surface area contributed by atoms with E-state index in [1.54, 1.807) is 48.5 Å². The number of anilines is 1. The molecule has 1 amide bonds. The van der Waals surface area contributed by atoms with Crippen LogP contribution in [0.1, 0.15) is 16.2 Å². The lowest BCUT2D eigenvalue weighted by molar-refractivity contribution is 0.0954. The Morgan fingerprint density at radius 1 is 0.881 bits per heavy atom. The van der Waals surface area contributed by atoms with Crippen LogP contribution in [0, 0.1) is 0 Å². The normalized spacial score (nSPS) is 11.2. The molecule has 0 saturated carbocycles. The largest absolute Gasteiger partial charge is 0.456 e. The van der Waals surface area contributed by atoms with E-state index in [4.69, 9.17) is 44.1 Å². The highest BCUT2D eigenvalue weighted by Crippen LogP contribution is 2.30. The number of hydrogen-bond acceptors (Lipinski definition) is 7. The van der Waals surface area contributed by atoms with Crippen molar-refractivity contribution in [3.05, 3.63) is 118 Å². The van der Waals surface area contributed by atoms with E-state index < -0.39 is 15.9 Å². The number of ether oxygens (including phenoxy) is 1. The molecule has 1 aromatic heterocycles. The van der Waals surface area contributed by atoms with Gasteiger partial charge >= 0.3 is 0 Å². The number of halogens is 3. The van der Waals surface area contributed by atoms with E-state index in [1.165, 1.54) is 42.5 Å². The third kappa shape index (κ3) is 7.21. The second-order valence-electron chi connectivity index (χ2n) is 8.82. The van der Waals surface area contributed by atoms with Gasteiger partial charge in [0.1, 0.15) is 11.5 Å². The third-order valence-electron chi connectivity index (χ3n) is 5.86. The van der Waals surface area contributed by atoms with Crippen molar-refractivity contribution >= 4 is 56.4 Å². The maximum Gasteiger partial charge on any atom is 0.261 e. The summed E-state index contributed by atoms with van der Waals surface area (Å²) in [7, 11) is -4.07. The summed E-state index contributed by atoms with van der Waals surface area (Å²) in [5, 5.41) is 7.94. The zero-order chi connectivity index (χ0) is 29.7. The maximum absolute atomic E-state index is 13.1. The maximum atomic E-state index is 13.1. The molecule has 0 spiro atoms. The Kier molecular flexibility index (Phi) is 8.98. The number of para-hydroxylation sites is 1. The van der Waals surface area contributed by atoms with Crippen molar-refractivity contribution in [2.24, 2.45) is 0 Å². The molecule has 0 aliphatic carbocycles. The molecule has 13 heteroatoms. The third-order valence-corrected chi connectivity index (χ3v) is 8.04. The van der Waals surface area contributed by atoms with E-state index in [-0.39, 0.29) is 34.1 Å². The molecule has 2 N–H and O–H groups in total. The van der Waals surface area contributed by atoms with Crippen molar-refractivity contribution in [3.63, 3.8) is 0 Å². The van der Waals surface area contributed by atoms with Crippen LogP contribution < -0.4 is 14.8 Å². The van der Waals surface area contributed by atoms with Gasteiger partial charge < -0.3 is 14.6 Å². The molecule has 0 saturated heterocycles. The fraction of sp³-hybridized carbons (Fsp3) is 0.0690. The monoisotopic (exact) mass is 642 g/mol. The van der Waals surface area contributed by atoms with E-state index in [0.717, 1.165) is 5.56 Å². The number of carbonyl (C=O) groups is 1. The van der Waals surface area contributed by atoms with E-state index in [2.05, 4.69) is 20.2 Å². The fourth-order valence-corrected chi connectivity index (χ4v) is 5.34. The molecule has 0 aliphatic rings. The average Bonchev–Trinajstić information content (AvgIpc) is 3.44. The van der Waals surface area contributed by atoms with Crippen LogP contribution in [0.15, 0.2) is 100 Å². The summed E-state index contributed by atoms with van der Waals surface area (Å²) >= 11 is 18.2. The molecule has 9 nitrogen and oxygen atoms in total. The van der Waals surface area contributed by atoms with Gasteiger partial charge in [-0.1, -0.05) is 52.1 Å². The average molecular weight is 644 g/mol. The minimum atomic E-state index is -4.07. The quantitative estimate of drug-likeness (QED) is 0.164. The molecule has 0 radical (unpaired) electrons. The van der Waals surface area contributed by atoms with Crippen molar-refractivity contribution in [2.45, 2.75) is 11.3 Å². The minimum absolute atomic E-state index is 0.0387. The van der Waals surface area contributed by atoms with Gasteiger partial charge in [0.25, 0.3) is 15.9 Å². The van der Waals surface area contributed by atoms with Gasteiger partial charge in [0.2, 0.25) is 11.7 Å². The number of carbonyl (C=O) groups excluding carboxylic acids is 1. The fourth-order valence-electron chi connectivity index (χ4n) is 3.79. The Bertz CT molecular complexity index is 1830. The molecule has 0 unspecified atom stereocenters. The number of aromatic nitrogens is 2. The Hall–Kier alpha value is -4.09. The van der Waals surface area contributed by atoms with Crippen LogP contribution in [0.4, 0.5) is 5.69 Å². The Balaban J connectivity index is 1.23. The lowest BCUT2D eigenvalue weighted by Gasteiger charge is -2.14. The Morgan fingerprint density at radius 3 is 2.33 bits per heavy atom. The number of nitrogens with one attached hydrogen (secondary N) is 2. The van der Waals surface area contributed by atoms with Gasteiger partial charge in [-0.15, -0.1) is 0 Å². The predicted molar refractivity (Wildman–Crippen MR) is 161 cm³/mol. The summed E-state index contributed by atoms with van der Waals surface area (Å²) in [6, 6.07) is 23.9. The summed E-state index contributed by atoms with van der Waals surface area (Å²) < 4.78 is 39.8. The summed E-state index contributed by atoms with van der Waals surface area (Å²) in [5.74, 6) is 0.995. The van der Waals surface area contributed by atoms with E-state index in [9.17, 15) is 13.2 Å². The summed E-state index contributed by atoms with van der Waals surface area (Å²) in [4.78, 5) is 17.3. The second kappa shape index (κ2) is 12.8. The first-order chi connectivity index (χ1) is 20.2. The Morgan fingerprint density at radius 2 is 1.60 bits per heavy atom. The van der Waals surface area contributed by atoms with Gasteiger partial charge in [0.15, 0.2) is 0 Å². The molecule has 214 valence electrons. The van der Waals surface area contributed by atoms with Crippen LogP contribution in [-0.2, 0) is 16.4 Å². The number of nitrogens with zero attached hydrogens (tertiary/aromatic N) is 2. The molecule has 1 heterocycles. The summed E-state index contributed by atoms with van der Waals surface area (Å²) in [6.45, 7) is 0.146. The molecule has 0 fully saturated rings. The summed E-state index contributed by atoms with van der Waals surface area (Å²) in [5.41, 5.74) is 0.824. The van der Waals surface area contributed by atoms with Crippen molar-refractivity contribution in [1.82, 2.24) is 15.5 Å². The lowest BCUT2D eigenvalue weighted by Crippen LogP contribution is -2.27. The van der Waals surface area contributed by atoms with Crippen LogP contribution in [0.2, 0.25) is 15.1 Å². The molecule has 0 bridgehead atoms. The zero-order valence-corrected chi connectivity index (χ0v) is 24.6. The first-order valence-electron chi connectivity index (χ1n) is 12.4. The molecular formula is C29H21Cl3N4O5S. The first-order valence-corrected chi connectivity index (χ1v) is 15.0. The number of amides is 1. The topological polar surface area (TPSA) is 123 Å². The number of benzene rings is 4. The van der Waals surface area contributed by atoms with Gasteiger partial charge in [-0.2, -0.15) is 4.98 Å². The molecule has 5 rings (SSSR count). The zero-order valence-electron chi connectivity index (χ0n) is 21.6. The second-order valence-corrected chi connectivity index (χ2v) is 11.8. The molecule has 0 atom stereocenters. The highest BCUT2D eigenvalue weighted by Gasteiger charge is 2.20. The molecule has 42 heavy (non-hydrogen) atoms. The van der Waals surface area contributed by atoms with Crippen LogP contribution in [0.25, 0.3) is 11.4 Å². The molecule has 0 aliphatic heterocycles. The van der Waals surface area contributed by atoms with Crippen molar-refractivity contribution in [1.29, 1.82) is 0 Å². The van der Waals surface area contributed by atoms with Crippen molar-refractivity contribution < 1.29 is 22.5 Å². The summed E-state index contributed by atoms with van der Waals surface area (Å²) in [6.07, 6.45) is 0.247. The van der Waals surface area contributed by atoms with E-state index >= 15 is 0 Å². The number of hydrogen-bond donors (Lipinski definition) is 2. The predicted octanol–water partition coefficient (Wildman–Crippen LogP) is 7.26. The van der Waals surface area contributed by atoms with Gasteiger partial charge in [-0.25, -0.2) is 8.42 Å². The van der Waals surface area contributed by atoms with E-state index in [1.807, 2.05) is 0 Å². The molecular weight excluding hydrogens is 623 g/mol. The highest BCUT2D eigenvalue weighted by atomic mass is 35.5. The van der Waals surface area contributed by atoms with Gasteiger partial charge in [-0.05, 0) is 78.9 Å². The van der Waals surface area contributed by atoms with Crippen LogP contribution >= 0.6 is 34.8 Å². The number of rotatable bonds is 10. The lowest BCUT2D eigenvalue weighted by atomic mass is 10.1. The Labute approximate surface area is 256 Å².